The number of anilines is 2. The van der Waals surface area contributed by atoms with E-state index in [1.54, 1.807) is 48.5 Å². The van der Waals surface area contributed by atoms with Crippen molar-refractivity contribution in [3.8, 4) is 0 Å². The van der Waals surface area contributed by atoms with Crippen molar-refractivity contribution in [1.82, 2.24) is 0 Å². The van der Waals surface area contributed by atoms with Crippen LogP contribution in [0.25, 0.3) is 0 Å². The number of halogens is 1. The second kappa shape index (κ2) is 9.84. The minimum atomic E-state index is -4.05. The van der Waals surface area contributed by atoms with Crippen LogP contribution < -0.4 is 9.62 Å². The zero-order chi connectivity index (χ0) is 23.3. The fraction of sp³-hybridized carbons (Fsp3) is 0.130. The zero-order valence-electron chi connectivity index (χ0n) is 17.4. The zero-order valence-corrected chi connectivity index (χ0v) is 19.0. The van der Waals surface area contributed by atoms with Crippen LogP contribution in [0.4, 0.5) is 11.4 Å². The lowest BCUT2D eigenvalue weighted by molar-refractivity contribution is -0.119. The third kappa shape index (κ3) is 5.27. The van der Waals surface area contributed by atoms with Gasteiger partial charge < -0.3 is 10.1 Å². The smallest absolute Gasteiger partial charge is 0.340 e. The Labute approximate surface area is 191 Å². The van der Waals surface area contributed by atoms with Gasteiger partial charge in [-0.15, -0.1) is 0 Å². The first-order valence-corrected chi connectivity index (χ1v) is 11.4. The highest BCUT2D eigenvalue weighted by molar-refractivity contribution is 7.92. The Kier molecular flexibility index (Phi) is 7.17. The van der Waals surface area contributed by atoms with E-state index in [9.17, 15) is 18.0 Å². The van der Waals surface area contributed by atoms with Gasteiger partial charge in [-0.05, 0) is 48.9 Å². The molecule has 166 valence electrons. The quantitative estimate of drug-likeness (QED) is 0.518. The van der Waals surface area contributed by atoms with Crippen LogP contribution in [0.15, 0.2) is 77.7 Å². The number of nitrogens with zero attached hydrogens (tertiary/aromatic N) is 1. The number of hydrogen-bond donors (Lipinski definition) is 1. The van der Waals surface area contributed by atoms with Crippen molar-refractivity contribution in [3.05, 3.63) is 88.9 Å². The molecular weight excluding hydrogens is 452 g/mol. The van der Waals surface area contributed by atoms with E-state index in [4.69, 9.17) is 16.3 Å². The van der Waals surface area contributed by atoms with Crippen LogP contribution in [-0.4, -0.2) is 33.9 Å². The molecule has 3 aromatic carbocycles. The summed E-state index contributed by atoms with van der Waals surface area (Å²) in [6.07, 6.45) is 0. The van der Waals surface area contributed by atoms with Gasteiger partial charge in [-0.1, -0.05) is 48.0 Å². The highest BCUT2D eigenvalue weighted by atomic mass is 35.5. The number of benzene rings is 3. The molecule has 0 fully saturated rings. The van der Waals surface area contributed by atoms with Crippen LogP contribution in [-0.2, 0) is 19.6 Å². The number of carbonyl (C=O) groups excluding carboxylic acids is 2. The summed E-state index contributed by atoms with van der Waals surface area (Å²) in [7, 11) is -2.66. The Morgan fingerprint density at radius 3 is 2.34 bits per heavy atom. The summed E-state index contributed by atoms with van der Waals surface area (Å²) in [5.74, 6) is -1.54. The van der Waals surface area contributed by atoms with Crippen molar-refractivity contribution in [2.24, 2.45) is 0 Å². The largest absolute Gasteiger partial charge is 0.452 e. The van der Waals surface area contributed by atoms with Crippen LogP contribution in [0.3, 0.4) is 0 Å². The minimum Gasteiger partial charge on any atom is -0.452 e. The van der Waals surface area contributed by atoms with Gasteiger partial charge in [0.05, 0.1) is 22.0 Å². The third-order valence-corrected chi connectivity index (χ3v) is 6.75. The van der Waals surface area contributed by atoms with Gasteiger partial charge in [-0.3, -0.25) is 9.10 Å². The molecule has 0 aliphatic heterocycles. The number of aryl methyl sites for hydroxylation is 1. The number of carbonyl (C=O) groups is 2. The van der Waals surface area contributed by atoms with Gasteiger partial charge in [0.1, 0.15) is 4.90 Å². The van der Waals surface area contributed by atoms with Gasteiger partial charge in [0, 0.05) is 7.05 Å². The van der Waals surface area contributed by atoms with Crippen LogP contribution in [0.1, 0.15) is 15.9 Å². The molecule has 3 rings (SSSR count). The van der Waals surface area contributed by atoms with Crippen LogP contribution in [0, 0.1) is 6.92 Å². The van der Waals surface area contributed by atoms with Crippen LogP contribution in [0.5, 0.6) is 0 Å². The summed E-state index contributed by atoms with van der Waals surface area (Å²) in [6, 6.07) is 19.2. The molecule has 1 N–H and O–H groups in total. The van der Waals surface area contributed by atoms with Gasteiger partial charge in [-0.2, -0.15) is 0 Å². The molecule has 9 heteroatoms. The number of esters is 1. The van der Waals surface area contributed by atoms with Gasteiger partial charge in [0.15, 0.2) is 6.61 Å². The molecule has 1 amide bonds. The molecular formula is C23H21ClN2O5S. The Morgan fingerprint density at radius 2 is 1.66 bits per heavy atom. The van der Waals surface area contributed by atoms with Crippen molar-refractivity contribution >= 4 is 44.9 Å². The predicted octanol–water partition coefficient (Wildman–Crippen LogP) is 4.27. The second-order valence-corrected chi connectivity index (χ2v) is 9.26. The first kappa shape index (κ1) is 23.3. The van der Waals surface area contributed by atoms with E-state index in [0.717, 1.165) is 9.87 Å². The number of nitrogens with one attached hydrogen (secondary N) is 1. The Balaban J connectivity index is 1.75. The fourth-order valence-electron chi connectivity index (χ4n) is 2.90. The van der Waals surface area contributed by atoms with E-state index in [2.05, 4.69) is 5.32 Å². The van der Waals surface area contributed by atoms with Crippen molar-refractivity contribution in [2.75, 3.05) is 23.3 Å². The maximum absolute atomic E-state index is 13.1. The SMILES string of the molecule is Cc1ccc(NC(=O)COC(=O)c2ccccc2S(=O)(=O)N(C)c2ccccc2)c(Cl)c1. The number of sulfonamides is 1. The Bertz CT molecular complexity index is 1250. The third-order valence-electron chi connectivity index (χ3n) is 4.60. The molecule has 0 aliphatic rings. The van der Waals surface area contributed by atoms with Crippen molar-refractivity contribution in [2.45, 2.75) is 11.8 Å². The van der Waals surface area contributed by atoms with E-state index >= 15 is 0 Å². The highest BCUT2D eigenvalue weighted by Gasteiger charge is 2.27. The van der Waals surface area contributed by atoms with Gasteiger partial charge >= 0.3 is 5.97 Å². The number of rotatable bonds is 7. The first-order chi connectivity index (χ1) is 15.2. The average molecular weight is 473 g/mol. The van der Waals surface area contributed by atoms with Gasteiger partial charge in [-0.25, -0.2) is 13.2 Å². The summed E-state index contributed by atoms with van der Waals surface area (Å²) in [4.78, 5) is 24.6. The van der Waals surface area contributed by atoms with E-state index in [0.29, 0.717) is 16.4 Å². The molecule has 0 bridgehead atoms. The maximum atomic E-state index is 13.1. The fourth-order valence-corrected chi connectivity index (χ4v) is 4.56. The molecule has 0 aliphatic carbocycles. The number of ether oxygens (including phenoxy) is 1. The molecule has 0 heterocycles. The molecule has 0 saturated heterocycles. The summed E-state index contributed by atoms with van der Waals surface area (Å²) in [5.41, 5.74) is 1.57. The van der Waals surface area contributed by atoms with Crippen molar-refractivity contribution in [3.63, 3.8) is 0 Å². The molecule has 0 saturated carbocycles. The summed E-state index contributed by atoms with van der Waals surface area (Å²) in [6.45, 7) is 1.26. The molecule has 0 atom stereocenters. The molecule has 0 unspecified atom stereocenters. The Hall–Kier alpha value is -3.36. The van der Waals surface area contributed by atoms with E-state index in [1.807, 2.05) is 6.92 Å². The van der Waals surface area contributed by atoms with Gasteiger partial charge in [0.2, 0.25) is 0 Å². The maximum Gasteiger partial charge on any atom is 0.340 e. The van der Waals surface area contributed by atoms with Crippen LogP contribution >= 0.6 is 11.6 Å². The lowest BCUT2D eigenvalue weighted by Crippen LogP contribution is -2.28. The predicted molar refractivity (Wildman–Crippen MR) is 124 cm³/mol. The molecule has 0 aromatic heterocycles. The standard InChI is InChI=1S/C23H21ClN2O5S/c1-16-12-13-20(19(24)14-16)25-22(27)15-31-23(28)18-10-6-7-11-21(18)32(29,30)26(2)17-8-4-3-5-9-17/h3-14H,15H2,1-2H3,(H,25,27). The number of para-hydroxylation sites is 1. The highest BCUT2D eigenvalue weighted by Crippen LogP contribution is 2.25. The summed E-state index contributed by atoms with van der Waals surface area (Å²) >= 11 is 6.09. The summed E-state index contributed by atoms with van der Waals surface area (Å²) < 4.78 is 32.4. The molecule has 7 nitrogen and oxygen atoms in total. The minimum absolute atomic E-state index is 0.170. The lowest BCUT2D eigenvalue weighted by atomic mass is 10.2. The number of amides is 1. The summed E-state index contributed by atoms with van der Waals surface area (Å²) in [5, 5.41) is 2.91. The Morgan fingerprint density at radius 1 is 1.00 bits per heavy atom. The molecule has 0 spiro atoms. The number of hydrogen-bond acceptors (Lipinski definition) is 5. The van der Waals surface area contributed by atoms with Crippen molar-refractivity contribution in [1.29, 1.82) is 0 Å². The first-order valence-electron chi connectivity index (χ1n) is 9.56. The van der Waals surface area contributed by atoms with Crippen LogP contribution in [0.2, 0.25) is 5.02 Å². The van der Waals surface area contributed by atoms with E-state index in [-0.39, 0.29) is 10.5 Å². The normalized spacial score (nSPS) is 11.0. The second-order valence-electron chi connectivity index (χ2n) is 6.91. The molecule has 32 heavy (non-hydrogen) atoms. The molecule has 0 radical (unpaired) electrons. The van der Waals surface area contributed by atoms with E-state index in [1.165, 1.54) is 31.3 Å². The van der Waals surface area contributed by atoms with Crippen molar-refractivity contribution < 1.29 is 22.7 Å². The van der Waals surface area contributed by atoms with Gasteiger partial charge in [0.25, 0.3) is 15.9 Å². The van der Waals surface area contributed by atoms with E-state index < -0.39 is 28.5 Å². The topological polar surface area (TPSA) is 92.8 Å². The molecule has 3 aromatic rings. The monoisotopic (exact) mass is 472 g/mol. The lowest BCUT2D eigenvalue weighted by Gasteiger charge is -2.20. The average Bonchev–Trinajstić information content (AvgIpc) is 2.79.